The molecule has 1 aliphatic heterocycles. The maximum atomic E-state index is 6.66. The molecule has 3 aromatic heterocycles. The molecule has 0 saturated heterocycles. The first-order valence-corrected chi connectivity index (χ1v) is 20.7. The van der Waals surface area contributed by atoms with Crippen molar-refractivity contribution in [2.24, 2.45) is 0 Å². The molecule has 9 aromatic rings. The highest BCUT2D eigenvalue weighted by Gasteiger charge is 2.33. The Morgan fingerprint density at radius 3 is 1.82 bits per heavy atom. The Balaban J connectivity index is 1.06. The van der Waals surface area contributed by atoms with Crippen molar-refractivity contribution in [1.29, 1.82) is 0 Å². The van der Waals surface area contributed by atoms with Crippen molar-refractivity contribution in [2.45, 2.75) is 47.0 Å². The molecule has 0 atom stereocenters. The fraction of sp³-hybridized carbons (Fsp3) is 0.148. The first kappa shape index (κ1) is 37.1. The van der Waals surface area contributed by atoms with Gasteiger partial charge in [-0.3, -0.25) is 4.57 Å². The number of fused-ring (bicyclic) bond motifs is 4. The number of anilines is 4. The highest BCUT2D eigenvalue weighted by atomic mass is 16.5. The second kappa shape index (κ2) is 14.6. The van der Waals surface area contributed by atoms with Crippen molar-refractivity contribution in [1.82, 2.24) is 14.5 Å². The quantitative estimate of drug-likeness (QED) is 0.161. The molecule has 0 fully saturated rings. The molecule has 4 heterocycles. The van der Waals surface area contributed by atoms with Crippen LogP contribution in [-0.4, -0.2) is 21.2 Å². The molecule has 0 amide bonds. The van der Waals surface area contributed by atoms with Crippen LogP contribution in [0.5, 0.6) is 11.6 Å². The average Bonchev–Trinajstić information content (AvgIpc) is 3.82. The minimum Gasteiger partial charge on any atom is -0.439 e. The van der Waals surface area contributed by atoms with Gasteiger partial charge < -0.3 is 14.5 Å². The largest absolute Gasteiger partial charge is 0.439 e. The van der Waals surface area contributed by atoms with Crippen molar-refractivity contribution >= 4 is 44.6 Å². The highest BCUT2D eigenvalue weighted by molar-refractivity contribution is 6.09. The average molecular weight is 782 g/mol. The predicted octanol–water partition coefficient (Wildman–Crippen LogP) is 14.2. The third-order valence-electron chi connectivity index (χ3n) is 12.2. The van der Waals surface area contributed by atoms with E-state index in [1.807, 2.05) is 18.5 Å². The Labute approximate surface area is 352 Å². The van der Waals surface area contributed by atoms with Crippen LogP contribution >= 0.6 is 0 Å². The molecule has 0 spiro atoms. The third-order valence-corrected chi connectivity index (χ3v) is 12.2. The molecule has 6 heteroatoms. The molecule has 60 heavy (non-hydrogen) atoms. The summed E-state index contributed by atoms with van der Waals surface area (Å²) in [6, 6.07) is 53.6. The number of nitrogens with zero attached hydrogens (tertiary/aromatic N) is 5. The summed E-state index contributed by atoms with van der Waals surface area (Å²) >= 11 is 0. The van der Waals surface area contributed by atoms with Gasteiger partial charge in [0.05, 0.1) is 28.1 Å². The summed E-state index contributed by atoms with van der Waals surface area (Å²) in [5.74, 6) is 2.11. The molecule has 0 saturated carbocycles. The monoisotopic (exact) mass is 781 g/mol. The molecule has 0 aliphatic carbocycles. The number of benzene rings is 6. The minimum atomic E-state index is -0.0132. The van der Waals surface area contributed by atoms with Crippen molar-refractivity contribution in [3.05, 3.63) is 186 Å². The van der Waals surface area contributed by atoms with Gasteiger partial charge in [0.15, 0.2) is 0 Å². The van der Waals surface area contributed by atoms with E-state index in [9.17, 15) is 0 Å². The Hall–Kier alpha value is -7.18. The maximum Gasteiger partial charge on any atom is 0.221 e. The van der Waals surface area contributed by atoms with Gasteiger partial charge in [-0.05, 0) is 108 Å². The van der Waals surface area contributed by atoms with Gasteiger partial charge >= 0.3 is 0 Å². The van der Waals surface area contributed by atoms with E-state index < -0.39 is 0 Å². The fourth-order valence-electron chi connectivity index (χ4n) is 8.96. The lowest BCUT2D eigenvalue weighted by molar-refractivity contribution is 0.463. The van der Waals surface area contributed by atoms with E-state index in [4.69, 9.17) is 14.7 Å². The summed E-state index contributed by atoms with van der Waals surface area (Å²) in [6.45, 7) is 14.1. The van der Waals surface area contributed by atoms with E-state index in [2.05, 4.69) is 202 Å². The SMILES string of the molecule is Cc1c(C)c(-c2ccccc2)c(N2CN(c3ccnc(Oc4ccc5c6ccccc6n(-c6cc(C(C)(C)C)ccn6)c5c4)c3)c3ccccc32)c(-c2ccccc2)c1C. The summed E-state index contributed by atoms with van der Waals surface area (Å²) in [6.07, 6.45) is 3.76. The van der Waals surface area contributed by atoms with Crippen LogP contribution in [0.25, 0.3) is 49.9 Å². The topological polar surface area (TPSA) is 46.4 Å². The Morgan fingerprint density at radius 1 is 0.533 bits per heavy atom. The van der Waals surface area contributed by atoms with Crippen LogP contribution in [0.3, 0.4) is 0 Å². The van der Waals surface area contributed by atoms with E-state index in [0.29, 0.717) is 18.3 Å². The fourth-order valence-corrected chi connectivity index (χ4v) is 8.96. The number of aromatic nitrogens is 3. The van der Waals surface area contributed by atoms with Crippen molar-refractivity contribution < 1.29 is 4.74 Å². The zero-order valence-electron chi connectivity index (χ0n) is 34.9. The zero-order valence-corrected chi connectivity index (χ0v) is 34.9. The normalized spacial score (nSPS) is 12.7. The van der Waals surface area contributed by atoms with Crippen LogP contribution < -0.4 is 14.5 Å². The van der Waals surface area contributed by atoms with E-state index >= 15 is 0 Å². The molecular formula is C54H47N5O. The van der Waals surface area contributed by atoms with Crippen LogP contribution in [0, 0.1) is 20.8 Å². The molecule has 0 unspecified atom stereocenters. The summed E-state index contributed by atoms with van der Waals surface area (Å²) in [4.78, 5) is 14.5. The third kappa shape index (κ3) is 6.27. The Morgan fingerprint density at radius 2 is 1.13 bits per heavy atom. The number of rotatable bonds is 7. The van der Waals surface area contributed by atoms with Gasteiger partial charge in [0.1, 0.15) is 18.2 Å². The van der Waals surface area contributed by atoms with Crippen molar-refractivity contribution in [2.75, 3.05) is 16.5 Å². The summed E-state index contributed by atoms with van der Waals surface area (Å²) in [5, 5.41) is 2.31. The molecule has 294 valence electrons. The van der Waals surface area contributed by atoms with Crippen molar-refractivity contribution in [3.8, 4) is 39.7 Å². The van der Waals surface area contributed by atoms with E-state index in [-0.39, 0.29) is 5.41 Å². The summed E-state index contributed by atoms with van der Waals surface area (Å²) < 4.78 is 8.91. The van der Waals surface area contributed by atoms with Gasteiger partial charge in [-0.25, -0.2) is 9.97 Å². The lowest BCUT2D eigenvalue weighted by atomic mass is 9.85. The van der Waals surface area contributed by atoms with Crippen molar-refractivity contribution in [3.63, 3.8) is 0 Å². The van der Waals surface area contributed by atoms with E-state index in [1.165, 1.54) is 55.6 Å². The molecule has 0 bridgehead atoms. The second-order valence-corrected chi connectivity index (χ2v) is 16.8. The number of para-hydroxylation sites is 3. The van der Waals surface area contributed by atoms with Gasteiger partial charge in [-0.1, -0.05) is 112 Å². The Kier molecular flexibility index (Phi) is 9.02. The van der Waals surface area contributed by atoms with Crippen LogP contribution in [-0.2, 0) is 5.41 Å². The van der Waals surface area contributed by atoms with Crippen LogP contribution in [0.2, 0.25) is 0 Å². The molecule has 6 nitrogen and oxygen atoms in total. The van der Waals surface area contributed by atoms with E-state index in [0.717, 1.165) is 39.3 Å². The Bertz CT molecular complexity index is 3000. The molecule has 10 rings (SSSR count). The molecule has 6 aromatic carbocycles. The first-order chi connectivity index (χ1) is 29.2. The van der Waals surface area contributed by atoms with Gasteiger partial charge in [0.2, 0.25) is 5.88 Å². The molecule has 0 N–H and O–H groups in total. The van der Waals surface area contributed by atoms with Crippen LogP contribution in [0.1, 0.15) is 43.0 Å². The lowest BCUT2D eigenvalue weighted by Gasteiger charge is -2.30. The van der Waals surface area contributed by atoms with Gasteiger partial charge in [-0.15, -0.1) is 0 Å². The predicted molar refractivity (Wildman–Crippen MR) is 249 cm³/mol. The standard InChI is InChI=1S/C54H47N5O/c1-35-36(2)51(38-17-9-7-10-18-38)53(52(37(35)3)39-19-11-8-12-20-39)58-34-57(46-23-15-16-24-47(46)58)41-28-30-56-50(32-41)60-42-25-26-44-43-21-13-14-22-45(43)59(48(44)33-42)49-31-40(27-29-55-49)54(4,5)6/h7-33H,34H2,1-6H3. The van der Waals surface area contributed by atoms with Crippen LogP contribution in [0.4, 0.5) is 22.7 Å². The van der Waals surface area contributed by atoms with Gasteiger partial charge in [-0.2, -0.15) is 0 Å². The number of hydrogen-bond donors (Lipinski definition) is 0. The number of ether oxygens (including phenoxy) is 1. The van der Waals surface area contributed by atoms with E-state index in [1.54, 1.807) is 0 Å². The highest BCUT2D eigenvalue weighted by Crippen LogP contribution is 2.53. The van der Waals surface area contributed by atoms with Gasteiger partial charge in [0.25, 0.3) is 0 Å². The molecular weight excluding hydrogens is 735 g/mol. The number of hydrogen-bond acceptors (Lipinski definition) is 5. The summed E-state index contributed by atoms with van der Waals surface area (Å²) in [5.41, 5.74) is 16.6. The minimum absolute atomic E-state index is 0.0132. The lowest BCUT2D eigenvalue weighted by Crippen LogP contribution is -2.25. The molecule has 1 aliphatic rings. The maximum absolute atomic E-state index is 6.66. The number of pyridine rings is 2. The van der Waals surface area contributed by atoms with Crippen LogP contribution in [0.15, 0.2) is 164 Å². The smallest absolute Gasteiger partial charge is 0.221 e. The second-order valence-electron chi connectivity index (χ2n) is 16.8. The first-order valence-electron chi connectivity index (χ1n) is 20.7. The molecule has 0 radical (unpaired) electrons. The van der Waals surface area contributed by atoms with Gasteiger partial charge in [0, 0.05) is 52.1 Å². The summed E-state index contributed by atoms with van der Waals surface area (Å²) in [7, 11) is 0. The zero-order chi connectivity index (χ0) is 41.1.